The first kappa shape index (κ1) is 18.1. The van der Waals surface area contributed by atoms with Gasteiger partial charge in [-0.3, -0.25) is 5.32 Å². The number of hydrogen-bond donors (Lipinski definition) is 3. The summed E-state index contributed by atoms with van der Waals surface area (Å²) in [5.41, 5.74) is 0.770. The van der Waals surface area contributed by atoms with Crippen LogP contribution in [0.25, 0.3) is 10.2 Å². The lowest BCUT2D eigenvalue weighted by Crippen LogP contribution is -2.30. The molecule has 8 heteroatoms. The van der Waals surface area contributed by atoms with Gasteiger partial charge in [0.25, 0.3) is 0 Å². The van der Waals surface area contributed by atoms with E-state index in [2.05, 4.69) is 20.9 Å². The number of urea groups is 1. The van der Waals surface area contributed by atoms with Crippen molar-refractivity contribution in [1.82, 2.24) is 15.6 Å². The summed E-state index contributed by atoms with van der Waals surface area (Å²) >= 11 is 1.36. The number of nitrogens with one attached hydrogen (secondary N) is 3. The molecule has 0 saturated heterocycles. The molecule has 0 atom stereocenters. The highest BCUT2D eigenvalue weighted by molar-refractivity contribution is 7.22. The lowest BCUT2D eigenvalue weighted by molar-refractivity contribution is 0.252. The van der Waals surface area contributed by atoms with E-state index in [9.17, 15) is 9.18 Å². The second kappa shape index (κ2) is 8.59. The third-order valence-electron chi connectivity index (χ3n) is 3.52. The van der Waals surface area contributed by atoms with Crippen molar-refractivity contribution in [1.29, 1.82) is 0 Å². The molecule has 0 radical (unpaired) electrons. The highest BCUT2D eigenvalue weighted by Crippen LogP contribution is 2.31. The number of aromatic nitrogens is 1. The van der Waals surface area contributed by atoms with E-state index in [0.717, 1.165) is 23.2 Å². The topological polar surface area (TPSA) is 75.3 Å². The number of carbonyl (C=O) groups is 1. The minimum atomic E-state index is -0.310. The molecule has 3 N–H and O–H groups in total. The lowest BCUT2D eigenvalue weighted by Gasteiger charge is -2.04. The normalized spacial score (nSPS) is 10.7. The summed E-state index contributed by atoms with van der Waals surface area (Å²) in [5.74, 6) is 0.862. The van der Waals surface area contributed by atoms with Crippen LogP contribution in [0.5, 0.6) is 11.5 Å². The molecule has 0 aliphatic rings. The Hall–Kier alpha value is -2.71. The number of nitrogens with zero attached hydrogens (tertiary/aromatic N) is 1. The molecule has 0 aliphatic heterocycles. The fourth-order valence-corrected chi connectivity index (χ4v) is 3.16. The van der Waals surface area contributed by atoms with Crippen LogP contribution in [0.4, 0.5) is 14.3 Å². The number of fused-ring (bicyclic) bond motifs is 1. The Morgan fingerprint density at radius 2 is 1.92 bits per heavy atom. The fourth-order valence-electron chi connectivity index (χ4n) is 2.27. The molecule has 0 unspecified atom stereocenters. The van der Waals surface area contributed by atoms with Gasteiger partial charge in [0.15, 0.2) is 5.13 Å². The number of halogens is 1. The number of benzene rings is 2. The molecular weight excluding hydrogens is 355 g/mol. The van der Waals surface area contributed by atoms with Crippen LogP contribution in [-0.4, -0.2) is 31.2 Å². The summed E-state index contributed by atoms with van der Waals surface area (Å²) in [7, 11) is 1.87. The first-order valence-corrected chi connectivity index (χ1v) is 8.99. The predicted molar refractivity (Wildman–Crippen MR) is 102 cm³/mol. The average Bonchev–Trinajstić information content (AvgIpc) is 3.02. The van der Waals surface area contributed by atoms with Gasteiger partial charge in [-0.05, 0) is 56.4 Å². The summed E-state index contributed by atoms with van der Waals surface area (Å²) in [5, 5.41) is 9.06. The van der Waals surface area contributed by atoms with Gasteiger partial charge < -0.3 is 15.4 Å². The number of anilines is 1. The maximum atomic E-state index is 13.0. The van der Waals surface area contributed by atoms with Gasteiger partial charge in [-0.1, -0.05) is 11.3 Å². The summed E-state index contributed by atoms with van der Waals surface area (Å²) in [4.78, 5) is 16.2. The van der Waals surface area contributed by atoms with E-state index < -0.39 is 0 Å². The van der Waals surface area contributed by atoms with Crippen molar-refractivity contribution in [2.24, 2.45) is 0 Å². The van der Waals surface area contributed by atoms with Crippen LogP contribution >= 0.6 is 11.3 Å². The number of amides is 2. The third kappa shape index (κ3) is 4.90. The van der Waals surface area contributed by atoms with E-state index in [1.54, 1.807) is 18.2 Å². The molecule has 6 nitrogen and oxygen atoms in total. The van der Waals surface area contributed by atoms with Crippen molar-refractivity contribution in [2.75, 3.05) is 25.5 Å². The SMILES string of the molecule is CNCCCNC(=O)Nc1nc2ccc(Oc3ccc(F)cc3)cc2s1. The molecule has 0 fully saturated rings. The Labute approximate surface area is 154 Å². The number of carbonyl (C=O) groups excluding carboxylic acids is 1. The standard InChI is InChI=1S/C18H19FN4O2S/c1-20-9-2-10-21-17(24)23-18-22-15-8-7-14(11-16(15)26-18)25-13-5-3-12(19)4-6-13/h3-8,11,20H,2,9-10H2,1H3,(H2,21,22,23,24). The van der Waals surface area contributed by atoms with E-state index in [1.807, 2.05) is 19.2 Å². The van der Waals surface area contributed by atoms with Crippen LogP contribution in [0, 0.1) is 5.82 Å². The van der Waals surface area contributed by atoms with Crippen LogP contribution in [0.3, 0.4) is 0 Å². The number of rotatable bonds is 7. The first-order chi connectivity index (χ1) is 12.6. The predicted octanol–water partition coefficient (Wildman–Crippen LogP) is 3.96. The van der Waals surface area contributed by atoms with Gasteiger partial charge in [-0.15, -0.1) is 0 Å². The minimum absolute atomic E-state index is 0.275. The van der Waals surface area contributed by atoms with E-state index in [4.69, 9.17) is 4.74 Å². The van der Waals surface area contributed by atoms with Crippen molar-refractivity contribution >= 4 is 32.7 Å². The zero-order valence-electron chi connectivity index (χ0n) is 14.2. The Morgan fingerprint density at radius 3 is 2.69 bits per heavy atom. The number of ether oxygens (including phenoxy) is 1. The Bertz CT molecular complexity index is 883. The van der Waals surface area contributed by atoms with E-state index in [-0.39, 0.29) is 11.8 Å². The molecule has 3 rings (SSSR count). The maximum absolute atomic E-state index is 13.0. The average molecular weight is 374 g/mol. The van der Waals surface area contributed by atoms with Crippen molar-refractivity contribution in [3.8, 4) is 11.5 Å². The Kier molecular flexibility index (Phi) is 5.98. The molecule has 2 amide bonds. The van der Waals surface area contributed by atoms with Gasteiger partial charge in [-0.2, -0.15) is 0 Å². The quantitative estimate of drug-likeness (QED) is 0.547. The second-order valence-corrected chi connectivity index (χ2v) is 6.57. The molecule has 1 aromatic heterocycles. The zero-order valence-corrected chi connectivity index (χ0v) is 15.0. The van der Waals surface area contributed by atoms with Gasteiger partial charge in [0.1, 0.15) is 17.3 Å². The molecule has 1 heterocycles. The molecule has 3 aromatic rings. The maximum Gasteiger partial charge on any atom is 0.321 e. The van der Waals surface area contributed by atoms with Crippen LogP contribution in [-0.2, 0) is 0 Å². The van der Waals surface area contributed by atoms with Crippen LogP contribution < -0.4 is 20.7 Å². The highest BCUT2D eigenvalue weighted by Gasteiger charge is 2.09. The number of hydrogen-bond acceptors (Lipinski definition) is 5. The van der Waals surface area contributed by atoms with Crippen molar-refractivity contribution in [3.05, 3.63) is 48.3 Å². The van der Waals surface area contributed by atoms with Crippen molar-refractivity contribution in [3.63, 3.8) is 0 Å². The van der Waals surface area contributed by atoms with Crippen molar-refractivity contribution in [2.45, 2.75) is 6.42 Å². The smallest absolute Gasteiger partial charge is 0.321 e. The molecule has 2 aromatic carbocycles. The summed E-state index contributed by atoms with van der Waals surface area (Å²) in [6.45, 7) is 1.44. The van der Waals surface area contributed by atoms with Gasteiger partial charge in [0.05, 0.1) is 10.2 Å². The van der Waals surface area contributed by atoms with E-state index in [1.165, 1.54) is 23.5 Å². The minimum Gasteiger partial charge on any atom is -0.457 e. The molecule has 0 bridgehead atoms. The van der Waals surface area contributed by atoms with Crippen molar-refractivity contribution < 1.29 is 13.9 Å². The monoisotopic (exact) mass is 374 g/mol. The van der Waals surface area contributed by atoms with Crippen LogP contribution in [0.2, 0.25) is 0 Å². The largest absolute Gasteiger partial charge is 0.457 e. The summed E-state index contributed by atoms with van der Waals surface area (Å²) in [6.07, 6.45) is 0.855. The summed E-state index contributed by atoms with van der Waals surface area (Å²) < 4.78 is 19.6. The molecular formula is C18H19FN4O2S. The van der Waals surface area contributed by atoms with Crippen LogP contribution in [0.1, 0.15) is 6.42 Å². The zero-order chi connectivity index (χ0) is 18.4. The molecule has 26 heavy (non-hydrogen) atoms. The second-order valence-electron chi connectivity index (χ2n) is 5.54. The lowest BCUT2D eigenvalue weighted by atomic mass is 10.3. The van der Waals surface area contributed by atoms with Crippen LogP contribution in [0.15, 0.2) is 42.5 Å². The molecule has 0 saturated carbocycles. The van der Waals surface area contributed by atoms with Gasteiger partial charge in [0, 0.05) is 12.6 Å². The van der Waals surface area contributed by atoms with Gasteiger partial charge in [-0.25, -0.2) is 14.2 Å². The van der Waals surface area contributed by atoms with Gasteiger partial charge in [0.2, 0.25) is 0 Å². The summed E-state index contributed by atoms with van der Waals surface area (Å²) in [6, 6.07) is 11.0. The first-order valence-electron chi connectivity index (χ1n) is 8.17. The van der Waals surface area contributed by atoms with E-state index >= 15 is 0 Å². The number of thiazole rings is 1. The van der Waals surface area contributed by atoms with E-state index in [0.29, 0.717) is 23.2 Å². The molecule has 136 valence electrons. The molecule has 0 spiro atoms. The Balaban J connectivity index is 1.63. The fraction of sp³-hybridized carbons (Fsp3) is 0.222. The highest BCUT2D eigenvalue weighted by atomic mass is 32.1. The third-order valence-corrected chi connectivity index (χ3v) is 4.45. The Morgan fingerprint density at radius 1 is 1.15 bits per heavy atom. The van der Waals surface area contributed by atoms with Gasteiger partial charge >= 0.3 is 6.03 Å². The molecule has 0 aliphatic carbocycles.